The molecule has 1 N–H and O–H groups in total. The second-order valence-electron chi connectivity index (χ2n) is 4.77. The van der Waals surface area contributed by atoms with Crippen molar-refractivity contribution in [1.82, 2.24) is 4.98 Å². The van der Waals surface area contributed by atoms with Crippen LogP contribution in [0, 0.1) is 18.3 Å². The Labute approximate surface area is 131 Å². The highest BCUT2D eigenvalue weighted by Crippen LogP contribution is 2.25. The Kier molecular flexibility index (Phi) is 3.59. The van der Waals surface area contributed by atoms with Crippen molar-refractivity contribution in [2.75, 3.05) is 5.32 Å². The van der Waals surface area contributed by atoms with Gasteiger partial charge in [-0.05, 0) is 42.8 Å². The molecule has 1 heterocycles. The van der Waals surface area contributed by atoms with Gasteiger partial charge in [-0.25, -0.2) is 4.98 Å². The minimum Gasteiger partial charge on any atom is -0.340 e. The molecule has 0 amide bonds. The lowest BCUT2D eigenvalue weighted by Gasteiger charge is -2.09. The van der Waals surface area contributed by atoms with Crippen molar-refractivity contribution in [2.24, 2.45) is 0 Å². The molecule has 4 heteroatoms. The van der Waals surface area contributed by atoms with Gasteiger partial charge in [-0.1, -0.05) is 34.1 Å². The largest absolute Gasteiger partial charge is 0.340 e. The van der Waals surface area contributed by atoms with Gasteiger partial charge in [-0.2, -0.15) is 5.26 Å². The van der Waals surface area contributed by atoms with Gasteiger partial charge in [0.05, 0.1) is 17.1 Å². The van der Waals surface area contributed by atoms with E-state index in [0.29, 0.717) is 11.4 Å². The Morgan fingerprint density at radius 3 is 2.71 bits per heavy atom. The standard InChI is InChI=1S/C17H12BrN3/c1-11-8-13(6-7-15(11)18)20-17-9-12(10-19)14-4-2-3-5-16(14)21-17/h2-9H,1H3,(H,20,21). The predicted molar refractivity (Wildman–Crippen MR) is 88.6 cm³/mol. The van der Waals surface area contributed by atoms with Gasteiger partial charge in [0.15, 0.2) is 0 Å². The van der Waals surface area contributed by atoms with Crippen LogP contribution < -0.4 is 5.32 Å². The quantitative estimate of drug-likeness (QED) is 0.721. The first kappa shape index (κ1) is 13.6. The number of para-hydroxylation sites is 1. The summed E-state index contributed by atoms with van der Waals surface area (Å²) in [4.78, 5) is 4.56. The Bertz CT molecular complexity index is 866. The summed E-state index contributed by atoms with van der Waals surface area (Å²) in [7, 11) is 0. The first-order valence-corrected chi connectivity index (χ1v) is 7.30. The fourth-order valence-corrected chi connectivity index (χ4v) is 2.45. The molecule has 0 saturated carbocycles. The number of nitriles is 1. The highest BCUT2D eigenvalue weighted by molar-refractivity contribution is 9.10. The molecule has 0 saturated heterocycles. The molecule has 0 atom stereocenters. The van der Waals surface area contributed by atoms with Crippen molar-refractivity contribution >= 4 is 38.3 Å². The van der Waals surface area contributed by atoms with E-state index in [0.717, 1.165) is 26.6 Å². The van der Waals surface area contributed by atoms with Crippen LogP contribution in [0.2, 0.25) is 0 Å². The van der Waals surface area contributed by atoms with Crippen LogP contribution in [0.3, 0.4) is 0 Å². The van der Waals surface area contributed by atoms with Gasteiger partial charge in [-0.15, -0.1) is 0 Å². The van der Waals surface area contributed by atoms with Crippen molar-refractivity contribution in [3.05, 3.63) is 64.1 Å². The maximum absolute atomic E-state index is 9.29. The molecule has 2 aromatic carbocycles. The van der Waals surface area contributed by atoms with Crippen LogP contribution in [-0.4, -0.2) is 4.98 Å². The summed E-state index contributed by atoms with van der Waals surface area (Å²) in [5, 5.41) is 13.4. The number of aryl methyl sites for hydroxylation is 1. The fraction of sp³-hybridized carbons (Fsp3) is 0.0588. The maximum Gasteiger partial charge on any atom is 0.132 e. The third-order valence-corrected chi connectivity index (χ3v) is 4.16. The number of hydrogen-bond acceptors (Lipinski definition) is 3. The van der Waals surface area contributed by atoms with E-state index in [9.17, 15) is 5.26 Å². The molecule has 0 fully saturated rings. The third-order valence-electron chi connectivity index (χ3n) is 3.27. The topological polar surface area (TPSA) is 48.7 Å². The van der Waals surface area contributed by atoms with Gasteiger partial charge in [0, 0.05) is 15.5 Å². The van der Waals surface area contributed by atoms with Crippen molar-refractivity contribution < 1.29 is 0 Å². The van der Waals surface area contributed by atoms with Crippen molar-refractivity contribution in [1.29, 1.82) is 5.26 Å². The van der Waals surface area contributed by atoms with Gasteiger partial charge in [0.1, 0.15) is 5.82 Å². The van der Waals surface area contributed by atoms with E-state index in [2.05, 4.69) is 32.3 Å². The van der Waals surface area contributed by atoms with Gasteiger partial charge in [0.25, 0.3) is 0 Å². The van der Waals surface area contributed by atoms with Gasteiger partial charge >= 0.3 is 0 Å². The summed E-state index contributed by atoms with van der Waals surface area (Å²) >= 11 is 3.48. The second kappa shape index (κ2) is 5.55. The molecule has 3 rings (SSSR count). The van der Waals surface area contributed by atoms with E-state index in [4.69, 9.17) is 0 Å². The lowest BCUT2D eigenvalue weighted by molar-refractivity contribution is 1.34. The van der Waals surface area contributed by atoms with E-state index in [1.165, 1.54) is 0 Å². The van der Waals surface area contributed by atoms with Crippen LogP contribution in [-0.2, 0) is 0 Å². The monoisotopic (exact) mass is 337 g/mol. The van der Waals surface area contributed by atoms with Crippen LogP contribution in [0.1, 0.15) is 11.1 Å². The number of benzene rings is 2. The molecule has 0 aliphatic rings. The average molecular weight is 338 g/mol. The summed E-state index contributed by atoms with van der Waals surface area (Å²) in [6.07, 6.45) is 0. The molecule has 1 aromatic heterocycles. The van der Waals surface area contributed by atoms with Crippen molar-refractivity contribution in [3.63, 3.8) is 0 Å². The van der Waals surface area contributed by atoms with E-state index in [1.807, 2.05) is 49.4 Å². The van der Waals surface area contributed by atoms with Crippen LogP contribution in [0.15, 0.2) is 53.0 Å². The molecule has 3 aromatic rings. The minimum absolute atomic E-state index is 0.622. The lowest BCUT2D eigenvalue weighted by atomic mass is 10.1. The summed E-state index contributed by atoms with van der Waals surface area (Å²) < 4.78 is 1.07. The van der Waals surface area contributed by atoms with Crippen LogP contribution in [0.25, 0.3) is 10.9 Å². The zero-order valence-corrected chi connectivity index (χ0v) is 13.0. The number of rotatable bonds is 2. The van der Waals surface area contributed by atoms with E-state index in [1.54, 1.807) is 6.07 Å². The fourth-order valence-electron chi connectivity index (χ4n) is 2.20. The summed E-state index contributed by atoms with van der Waals surface area (Å²) in [6, 6.07) is 17.7. The number of hydrogen-bond donors (Lipinski definition) is 1. The zero-order valence-electron chi connectivity index (χ0n) is 11.4. The Balaban J connectivity index is 2.04. The Morgan fingerprint density at radius 1 is 1.14 bits per heavy atom. The van der Waals surface area contributed by atoms with Crippen LogP contribution in [0.4, 0.5) is 11.5 Å². The predicted octanol–water partition coefficient (Wildman–Crippen LogP) is 4.92. The molecule has 3 nitrogen and oxygen atoms in total. The van der Waals surface area contributed by atoms with Crippen LogP contribution >= 0.6 is 15.9 Å². The smallest absolute Gasteiger partial charge is 0.132 e. The highest BCUT2D eigenvalue weighted by Gasteiger charge is 2.06. The molecule has 0 spiro atoms. The number of fused-ring (bicyclic) bond motifs is 1. The highest BCUT2D eigenvalue weighted by atomic mass is 79.9. The van der Waals surface area contributed by atoms with E-state index < -0.39 is 0 Å². The van der Waals surface area contributed by atoms with Crippen LogP contribution in [0.5, 0.6) is 0 Å². The average Bonchev–Trinajstić information content (AvgIpc) is 2.50. The second-order valence-corrected chi connectivity index (χ2v) is 5.63. The molecule has 0 aliphatic carbocycles. The number of nitrogens with one attached hydrogen (secondary N) is 1. The maximum atomic E-state index is 9.29. The molecule has 0 bridgehead atoms. The third kappa shape index (κ3) is 2.74. The van der Waals surface area contributed by atoms with Crippen molar-refractivity contribution in [3.8, 4) is 6.07 Å². The Morgan fingerprint density at radius 2 is 1.95 bits per heavy atom. The van der Waals surface area contributed by atoms with Gasteiger partial charge in [-0.3, -0.25) is 0 Å². The number of pyridine rings is 1. The summed E-state index contributed by atoms with van der Waals surface area (Å²) in [5.41, 5.74) is 3.52. The Hall–Kier alpha value is -2.38. The molecule has 0 radical (unpaired) electrons. The van der Waals surface area contributed by atoms with Gasteiger partial charge in [0.2, 0.25) is 0 Å². The number of aromatic nitrogens is 1. The first-order chi connectivity index (χ1) is 10.2. The molecular weight excluding hydrogens is 326 g/mol. The number of anilines is 2. The SMILES string of the molecule is Cc1cc(Nc2cc(C#N)c3ccccc3n2)ccc1Br. The lowest BCUT2D eigenvalue weighted by Crippen LogP contribution is -1.96. The zero-order chi connectivity index (χ0) is 14.8. The normalized spacial score (nSPS) is 10.3. The summed E-state index contributed by atoms with van der Waals surface area (Å²) in [6.45, 7) is 2.03. The number of halogens is 1. The van der Waals surface area contributed by atoms with E-state index in [-0.39, 0.29) is 0 Å². The minimum atomic E-state index is 0.622. The van der Waals surface area contributed by atoms with E-state index >= 15 is 0 Å². The number of nitrogens with zero attached hydrogens (tertiary/aromatic N) is 2. The summed E-state index contributed by atoms with van der Waals surface area (Å²) in [5.74, 6) is 0.673. The molecule has 102 valence electrons. The molecule has 0 unspecified atom stereocenters. The van der Waals surface area contributed by atoms with Gasteiger partial charge < -0.3 is 5.32 Å². The van der Waals surface area contributed by atoms with Crippen molar-refractivity contribution in [2.45, 2.75) is 6.92 Å². The molecule has 21 heavy (non-hydrogen) atoms. The molecular formula is C17H12BrN3. The first-order valence-electron chi connectivity index (χ1n) is 6.50. The molecule has 0 aliphatic heterocycles.